The molecule has 0 bridgehead atoms. The Labute approximate surface area is 169 Å². The van der Waals surface area contributed by atoms with E-state index < -0.39 is 26.5 Å². The van der Waals surface area contributed by atoms with Crippen LogP contribution in [0.1, 0.15) is 25.8 Å². The maximum Gasteiger partial charge on any atom is 0.271 e. The number of hydrogen-bond donors (Lipinski definition) is 0. The summed E-state index contributed by atoms with van der Waals surface area (Å²) in [5.74, 6) is 0.233. The number of sulfonamides is 1. The van der Waals surface area contributed by atoms with Crippen LogP contribution in [0.2, 0.25) is 0 Å². The number of ether oxygens (including phenoxy) is 1. The first kappa shape index (κ1) is 20.6. The van der Waals surface area contributed by atoms with Crippen molar-refractivity contribution in [3.05, 3.63) is 58.1 Å². The number of nitriles is 1. The van der Waals surface area contributed by atoms with Gasteiger partial charge in [-0.05, 0) is 39.0 Å². The first-order valence-electron chi connectivity index (χ1n) is 8.99. The Kier molecular flexibility index (Phi) is 5.24. The molecule has 3 rings (SSSR count). The summed E-state index contributed by atoms with van der Waals surface area (Å²) in [5, 5.41) is 20.5. The molecule has 1 atom stereocenters. The smallest absolute Gasteiger partial charge is 0.271 e. The third-order valence-electron chi connectivity index (χ3n) is 4.73. The number of anilines is 1. The number of hydrogen-bond acceptors (Lipinski definition) is 6. The molecule has 152 valence electrons. The van der Waals surface area contributed by atoms with Crippen molar-refractivity contribution in [1.82, 2.24) is 0 Å². The van der Waals surface area contributed by atoms with Gasteiger partial charge in [-0.3, -0.25) is 14.4 Å². The van der Waals surface area contributed by atoms with Crippen LogP contribution in [0.4, 0.5) is 11.4 Å². The van der Waals surface area contributed by atoms with Crippen LogP contribution in [0.15, 0.2) is 47.4 Å². The molecule has 2 aromatic carbocycles. The molecule has 0 spiro atoms. The molecule has 0 radical (unpaired) electrons. The van der Waals surface area contributed by atoms with Crippen LogP contribution in [0, 0.1) is 33.8 Å². The number of non-ortho nitro benzene ring substituents is 1. The maximum absolute atomic E-state index is 13.4. The summed E-state index contributed by atoms with van der Waals surface area (Å²) in [6, 6.07) is 12.5. The van der Waals surface area contributed by atoms with E-state index in [1.165, 1.54) is 30.3 Å². The Morgan fingerprint density at radius 2 is 1.93 bits per heavy atom. The molecule has 0 fully saturated rings. The van der Waals surface area contributed by atoms with Gasteiger partial charge in [-0.15, -0.1) is 0 Å². The largest absolute Gasteiger partial charge is 0.486 e. The Morgan fingerprint density at radius 1 is 1.28 bits per heavy atom. The molecular formula is C20H21N3O5S. The predicted octanol–water partition coefficient (Wildman–Crippen LogP) is 3.80. The third kappa shape index (κ3) is 4.17. The number of aryl methyl sites for hydroxylation is 1. The van der Waals surface area contributed by atoms with Crippen LogP contribution in [0.25, 0.3) is 0 Å². The number of nitro groups is 1. The van der Waals surface area contributed by atoms with Crippen molar-refractivity contribution in [3.63, 3.8) is 0 Å². The molecule has 0 aromatic heterocycles. The van der Waals surface area contributed by atoms with Crippen LogP contribution in [0.5, 0.6) is 5.75 Å². The topological polar surface area (TPSA) is 114 Å². The lowest BCUT2D eigenvalue weighted by atomic mass is 9.88. The van der Waals surface area contributed by atoms with Gasteiger partial charge in [-0.25, -0.2) is 8.42 Å². The van der Waals surface area contributed by atoms with Crippen LogP contribution in [-0.2, 0) is 10.0 Å². The number of benzene rings is 2. The first-order valence-corrected chi connectivity index (χ1v) is 10.4. The zero-order chi connectivity index (χ0) is 21.4. The Bertz CT molecular complexity index is 1090. The van der Waals surface area contributed by atoms with Crippen LogP contribution in [-0.4, -0.2) is 26.0 Å². The van der Waals surface area contributed by atoms with E-state index in [-0.39, 0.29) is 28.6 Å². The van der Waals surface area contributed by atoms with E-state index in [0.717, 1.165) is 9.87 Å². The van der Waals surface area contributed by atoms with E-state index >= 15 is 0 Å². The van der Waals surface area contributed by atoms with Crippen molar-refractivity contribution in [1.29, 1.82) is 5.26 Å². The predicted molar refractivity (Wildman–Crippen MR) is 107 cm³/mol. The summed E-state index contributed by atoms with van der Waals surface area (Å²) in [7, 11) is -3.98. The van der Waals surface area contributed by atoms with Crippen molar-refractivity contribution < 1.29 is 18.1 Å². The zero-order valence-corrected chi connectivity index (χ0v) is 17.1. The van der Waals surface area contributed by atoms with Crippen molar-refractivity contribution >= 4 is 21.4 Å². The fraction of sp³-hybridized carbons (Fsp3) is 0.350. The van der Waals surface area contributed by atoms with Gasteiger partial charge >= 0.3 is 0 Å². The highest BCUT2D eigenvalue weighted by Crippen LogP contribution is 2.41. The molecule has 1 aliphatic rings. The van der Waals surface area contributed by atoms with E-state index in [9.17, 15) is 23.8 Å². The summed E-state index contributed by atoms with van der Waals surface area (Å²) in [4.78, 5) is 10.7. The second-order valence-corrected chi connectivity index (χ2v) is 9.56. The monoisotopic (exact) mass is 415 g/mol. The lowest BCUT2D eigenvalue weighted by molar-refractivity contribution is -0.384. The van der Waals surface area contributed by atoms with Gasteiger partial charge in [0.1, 0.15) is 17.5 Å². The van der Waals surface area contributed by atoms with Crippen molar-refractivity contribution in [3.8, 4) is 11.8 Å². The maximum atomic E-state index is 13.4. The number of rotatable bonds is 5. The summed E-state index contributed by atoms with van der Waals surface area (Å²) >= 11 is 0. The molecule has 0 amide bonds. The molecule has 0 saturated carbocycles. The Balaban J connectivity index is 2.10. The van der Waals surface area contributed by atoms with Gasteiger partial charge in [0, 0.05) is 18.6 Å². The zero-order valence-electron chi connectivity index (χ0n) is 16.3. The molecule has 2 aromatic rings. The van der Waals surface area contributed by atoms with Gasteiger partial charge in [0.05, 0.1) is 27.8 Å². The Morgan fingerprint density at radius 3 is 2.52 bits per heavy atom. The van der Waals surface area contributed by atoms with E-state index in [2.05, 4.69) is 6.07 Å². The molecule has 1 heterocycles. The van der Waals surface area contributed by atoms with E-state index in [1.807, 2.05) is 6.92 Å². The van der Waals surface area contributed by atoms with Gasteiger partial charge in [-0.2, -0.15) is 5.26 Å². The van der Waals surface area contributed by atoms with Crippen LogP contribution >= 0.6 is 0 Å². The van der Waals surface area contributed by atoms with Gasteiger partial charge in [0.2, 0.25) is 0 Å². The average Bonchev–Trinajstić information content (AvgIpc) is 2.67. The molecule has 8 nitrogen and oxygen atoms in total. The molecule has 29 heavy (non-hydrogen) atoms. The van der Waals surface area contributed by atoms with E-state index in [0.29, 0.717) is 6.42 Å². The highest BCUT2D eigenvalue weighted by atomic mass is 32.2. The number of nitrogens with zero attached hydrogens (tertiary/aromatic N) is 3. The molecule has 0 aliphatic carbocycles. The summed E-state index contributed by atoms with van der Waals surface area (Å²) < 4.78 is 33.8. The van der Waals surface area contributed by atoms with Gasteiger partial charge < -0.3 is 4.74 Å². The highest BCUT2D eigenvalue weighted by Gasteiger charge is 2.37. The van der Waals surface area contributed by atoms with Gasteiger partial charge in [0.25, 0.3) is 15.7 Å². The summed E-state index contributed by atoms with van der Waals surface area (Å²) in [6.45, 7) is 5.31. The fourth-order valence-corrected chi connectivity index (χ4v) is 4.70. The molecule has 9 heteroatoms. The molecule has 0 unspecified atom stereocenters. The van der Waals surface area contributed by atoms with Crippen molar-refractivity contribution in [2.24, 2.45) is 5.41 Å². The van der Waals surface area contributed by atoms with E-state index in [1.54, 1.807) is 26.0 Å². The molecule has 0 saturated heterocycles. The molecule has 0 N–H and O–H groups in total. The quantitative estimate of drug-likeness (QED) is 0.542. The molecular weight excluding hydrogens is 394 g/mol. The first-order chi connectivity index (χ1) is 13.5. The SMILES string of the molecule is Cc1ccc(S(=O)(=O)N2C[C@H](CC(C)(C)C#N)Oc3ccc([N+](=O)[O-])cc32)cc1. The Hall–Kier alpha value is -3.12. The molecule has 1 aliphatic heterocycles. The van der Waals surface area contributed by atoms with Crippen molar-refractivity contribution in [2.45, 2.75) is 38.2 Å². The third-order valence-corrected chi connectivity index (χ3v) is 6.53. The number of nitro benzene ring substituents is 1. The standard InChI is InChI=1S/C20H21N3O5S/c1-14-4-7-17(8-5-14)29(26,27)22-12-16(11-20(2,3)13-21)28-19-9-6-15(23(24)25)10-18(19)22/h4-10,16H,11-12H2,1-3H3/t16-/m0/s1. The highest BCUT2D eigenvalue weighted by molar-refractivity contribution is 7.92. The lowest BCUT2D eigenvalue weighted by Gasteiger charge is -2.37. The lowest BCUT2D eigenvalue weighted by Crippen LogP contribution is -2.45. The minimum Gasteiger partial charge on any atom is -0.486 e. The second kappa shape index (κ2) is 7.37. The second-order valence-electron chi connectivity index (χ2n) is 7.70. The minimum absolute atomic E-state index is 0.0461. The summed E-state index contributed by atoms with van der Waals surface area (Å²) in [6.07, 6.45) is -0.265. The summed E-state index contributed by atoms with van der Waals surface area (Å²) in [5.41, 5.74) is 0.0797. The normalized spacial score (nSPS) is 16.5. The van der Waals surface area contributed by atoms with Crippen LogP contribution in [0.3, 0.4) is 0 Å². The van der Waals surface area contributed by atoms with E-state index in [4.69, 9.17) is 4.74 Å². The van der Waals surface area contributed by atoms with Crippen molar-refractivity contribution in [2.75, 3.05) is 10.8 Å². The fourth-order valence-electron chi connectivity index (χ4n) is 3.20. The minimum atomic E-state index is -3.98. The average molecular weight is 415 g/mol. The van der Waals surface area contributed by atoms with Crippen LogP contribution < -0.4 is 9.04 Å². The number of fused-ring (bicyclic) bond motifs is 1. The van der Waals surface area contributed by atoms with Gasteiger partial charge in [0.15, 0.2) is 0 Å². The van der Waals surface area contributed by atoms with Gasteiger partial charge in [-0.1, -0.05) is 17.7 Å².